The Morgan fingerprint density at radius 1 is 1.19 bits per heavy atom. The molecule has 0 bridgehead atoms. The van der Waals surface area contributed by atoms with Gasteiger partial charge in [0.2, 0.25) is 0 Å². The van der Waals surface area contributed by atoms with Gasteiger partial charge < -0.3 is 14.8 Å². The van der Waals surface area contributed by atoms with E-state index in [4.69, 9.17) is 32.7 Å². The number of benzene rings is 2. The van der Waals surface area contributed by atoms with Crippen LogP contribution in [0.15, 0.2) is 42.5 Å². The minimum atomic E-state index is -0.411. The Morgan fingerprint density at radius 3 is 2.67 bits per heavy atom. The quantitative estimate of drug-likeness (QED) is 0.767. The van der Waals surface area contributed by atoms with Crippen LogP contribution in [0.1, 0.15) is 18.4 Å². The summed E-state index contributed by atoms with van der Waals surface area (Å²) in [6.45, 7) is 1.40. The van der Waals surface area contributed by atoms with Crippen LogP contribution in [0.4, 0.5) is 4.39 Å². The maximum Gasteiger partial charge on any atom is 0.257 e. The number of halogens is 3. The molecular formula is C20H20Cl2FNO3. The summed E-state index contributed by atoms with van der Waals surface area (Å²) in [5.41, 5.74) is 0.622. The van der Waals surface area contributed by atoms with Crippen LogP contribution in [-0.4, -0.2) is 32.3 Å². The highest BCUT2D eigenvalue weighted by Crippen LogP contribution is 2.39. The summed E-state index contributed by atoms with van der Waals surface area (Å²) < 4.78 is 24.0. The van der Waals surface area contributed by atoms with Crippen molar-refractivity contribution in [1.29, 1.82) is 0 Å². The molecule has 1 aliphatic rings. The highest BCUT2D eigenvalue weighted by molar-refractivity contribution is 6.35. The van der Waals surface area contributed by atoms with E-state index in [1.54, 1.807) is 18.2 Å². The summed E-state index contributed by atoms with van der Waals surface area (Å²) >= 11 is 12.4. The van der Waals surface area contributed by atoms with Crippen molar-refractivity contribution in [3.8, 4) is 5.75 Å². The normalized spacial score (nSPS) is 16.0. The molecule has 0 spiro atoms. The fraction of sp³-hybridized carbons (Fsp3) is 0.350. The summed E-state index contributed by atoms with van der Waals surface area (Å²) in [4.78, 5) is 12.2. The molecule has 3 rings (SSSR count). The third-order valence-electron chi connectivity index (χ3n) is 4.74. The van der Waals surface area contributed by atoms with Crippen LogP contribution in [-0.2, 0) is 14.9 Å². The summed E-state index contributed by atoms with van der Waals surface area (Å²) in [7, 11) is 0. The van der Waals surface area contributed by atoms with Crippen LogP contribution in [0.3, 0.4) is 0 Å². The van der Waals surface area contributed by atoms with E-state index >= 15 is 0 Å². The van der Waals surface area contributed by atoms with Crippen molar-refractivity contribution in [2.45, 2.75) is 18.3 Å². The van der Waals surface area contributed by atoms with Gasteiger partial charge in [-0.2, -0.15) is 0 Å². The zero-order valence-electron chi connectivity index (χ0n) is 14.6. The van der Waals surface area contributed by atoms with Gasteiger partial charge in [-0.3, -0.25) is 4.79 Å². The van der Waals surface area contributed by atoms with Crippen molar-refractivity contribution in [1.82, 2.24) is 5.32 Å². The van der Waals surface area contributed by atoms with E-state index in [0.29, 0.717) is 35.6 Å². The van der Waals surface area contributed by atoms with E-state index in [1.807, 2.05) is 6.07 Å². The third kappa shape index (κ3) is 5.12. The standard InChI is InChI=1S/C20H20Cl2FNO3/c21-14-4-5-17(18(22)10-14)20(6-8-26-9-7-20)13-24-19(25)12-27-16-3-1-2-15(23)11-16/h1-5,10-11H,6-9,12-13H2,(H,24,25). The highest BCUT2D eigenvalue weighted by Gasteiger charge is 2.36. The lowest BCUT2D eigenvalue weighted by Gasteiger charge is -2.38. The lowest BCUT2D eigenvalue weighted by atomic mass is 9.74. The predicted molar refractivity (Wildman–Crippen MR) is 103 cm³/mol. The van der Waals surface area contributed by atoms with E-state index in [-0.39, 0.29) is 17.9 Å². The average Bonchev–Trinajstić information content (AvgIpc) is 2.65. The van der Waals surface area contributed by atoms with Crippen LogP contribution < -0.4 is 10.1 Å². The zero-order valence-corrected chi connectivity index (χ0v) is 16.2. The second kappa shape index (κ2) is 8.91. The van der Waals surface area contributed by atoms with Gasteiger partial charge in [0, 0.05) is 41.3 Å². The molecule has 0 unspecified atom stereocenters. The minimum absolute atomic E-state index is 0.190. The number of hydrogen-bond acceptors (Lipinski definition) is 3. The first-order chi connectivity index (χ1) is 13.0. The SMILES string of the molecule is O=C(COc1cccc(F)c1)NCC1(c2ccc(Cl)cc2Cl)CCOCC1. The lowest BCUT2D eigenvalue weighted by Crippen LogP contribution is -2.45. The van der Waals surface area contributed by atoms with E-state index in [0.717, 1.165) is 18.4 Å². The topological polar surface area (TPSA) is 47.6 Å². The second-order valence-corrected chi connectivity index (χ2v) is 7.38. The molecule has 1 amide bonds. The van der Waals surface area contributed by atoms with Crippen LogP contribution in [0, 0.1) is 5.82 Å². The van der Waals surface area contributed by atoms with Crippen molar-refractivity contribution in [3.05, 3.63) is 63.9 Å². The fourth-order valence-corrected chi connectivity index (χ4v) is 3.86. The molecule has 0 saturated carbocycles. The Kier molecular flexibility index (Phi) is 6.58. The summed E-state index contributed by atoms with van der Waals surface area (Å²) in [6, 6.07) is 11.1. The van der Waals surface area contributed by atoms with Gasteiger partial charge in [-0.05, 0) is 42.7 Å². The molecule has 1 N–H and O–H groups in total. The molecule has 1 heterocycles. The smallest absolute Gasteiger partial charge is 0.257 e. The summed E-state index contributed by atoms with van der Waals surface area (Å²) in [6.07, 6.45) is 1.47. The number of nitrogens with one attached hydrogen (secondary N) is 1. The highest BCUT2D eigenvalue weighted by atomic mass is 35.5. The van der Waals surface area contributed by atoms with Crippen molar-refractivity contribution < 1.29 is 18.7 Å². The lowest BCUT2D eigenvalue weighted by molar-refractivity contribution is -0.123. The molecule has 144 valence electrons. The number of carbonyl (C=O) groups excluding carboxylic acids is 1. The molecule has 0 atom stereocenters. The van der Waals surface area contributed by atoms with Crippen molar-refractivity contribution in [2.75, 3.05) is 26.4 Å². The molecule has 2 aromatic carbocycles. The molecule has 0 aromatic heterocycles. The van der Waals surface area contributed by atoms with Crippen molar-refractivity contribution in [3.63, 3.8) is 0 Å². The maximum atomic E-state index is 13.2. The van der Waals surface area contributed by atoms with Crippen molar-refractivity contribution >= 4 is 29.1 Å². The molecule has 1 saturated heterocycles. The van der Waals surface area contributed by atoms with Crippen LogP contribution in [0.2, 0.25) is 10.0 Å². The molecule has 1 fully saturated rings. The Balaban J connectivity index is 1.65. The van der Waals surface area contributed by atoms with Crippen molar-refractivity contribution in [2.24, 2.45) is 0 Å². The van der Waals surface area contributed by atoms with Gasteiger partial charge in [-0.15, -0.1) is 0 Å². The monoisotopic (exact) mass is 411 g/mol. The fourth-order valence-electron chi connectivity index (χ4n) is 3.25. The van der Waals surface area contributed by atoms with Gasteiger partial charge in [0.15, 0.2) is 6.61 Å². The number of hydrogen-bond donors (Lipinski definition) is 1. The Bertz CT molecular complexity index is 810. The largest absolute Gasteiger partial charge is 0.484 e. The molecule has 0 radical (unpaired) electrons. The Morgan fingerprint density at radius 2 is 1.96 bits per heavy atom. The molecule has 7 heteroatoms. The van der Waals surface area contributed by atoms with Gasteiger partial charge >= 0.3 is 0 Å². The molecule has 27 heavy (non-hydrogen) atoms. The van der Waals surface area contributed by atoms with E-state index in [9.17, 15) is 9.18 Å². The summed E-state index contributed by atoms with van der Waals surface area (Å²) in [5, 5.41) is 4.06. The minimum Gasteiger partial charge on any atom is -0.484 e. The van der Waals surface area contributed by atoms with Crippen LogP contribution in [0.5, 0.6) is 5.75 Å². The van der Waals surface area contributed by atoms with E-state index < -0.39 is 5.82 Å². The van der Waals surface area contributed by atoms with Gasteiger partial charge in [0.25, 0.3) is 5.91 Å². The summed E-state index contributed by atoms with van der Waals surface area (Å²) in [5.74, 6) is -0.381. The number of amides is 1. The molecule has 4 nitrogen and oxygen atoms in total. The average molecular weight is 412 g/mol. The van der Waals surface area contributed by atoms with E-state index in [2.05, 4.69) is 5.32 Å². The number of carbonyl (C=O) groups is 1. The molecule has 0 aliphatic carbocycles. The van der Waals surface area contributed by atoms with Gasteiger partial charge in [-0.1, -0.05) is 35.3 Å². The van der Waals surface area contributed by atoms with Gasteiger partial charge in [-0.25, -0.2) is 4.39 Å². The molecular weight excluding hydrogens is 392 g/mol. The van der Waals surface area contributed by atoms with Crippen LogP contribution >= 0.6 is 23.2 Å². The molecule has 1 aliphatic heterocycles. The second-order valence-electron chi connectivity index (χ2n) is 6.54. The van der Waals surface area contributed by atoms with E-state index in [1.165, 1.54) is 18.2 Å². The molecule has 2 aromatic rings. The first-order valence-corrected chi connectivity index (χ1v) is 9.42. The first kappa shape index (κ1) is 19.9. The zero-order chi connectivity index (χ0) is 19.3. The van der Waals surface area contributed by atoms with Gasteiger partial charge in [0.1, 0.15) is 11.6 Å². The maximum absolute atomic E-state index is 13.2. The Labute approximate surface area is 167 Å². The number of ether oxygens (including phenoxy) is 2. The number of rotatable bonds is 6. The third-order valence-corrected chi connectivity index (χ3v) is 5.29. The predicted octanol–water partition coefficient (Wildman–Crippen LogP) is 4.38. The first-order valence-electron chi connectivity index (χ1n) is 8.67. The van der Waals surface area contributed by atoms with Gasteiger partial charge in [0.05, 0.1) is 0 Å². The van der Waals surface area contributed by atoms with Crippen LogP contribution in [0.25, 0.3) is 0 Å². The Hall–Kier alpha value is -1.82.